The maximum absolute atomic E-state index is 14.1. The molecular weight excluding hydrogens is 762 g/mol. The van der Waals surface area contributed by atoms with Crippen molar-refractivity contribution in [3.63, 3.8) is 0 Å². The van der Waals surface area contributed by atoms with E-state index in [2.05, 4.69) is 73.0 Å². The van der Waals surface area contributed by atoms with Gasteiger partial charge in [0.15, 0.2) is 0 Å². The van der Waals surface area contributed by atoms with Crippen LogP contribution in [0.4, 0.5) is 5.69 Å². The van der Waals surface area contributed by atoms with Gasteiger partial charge in [0.25, 0.3) is 5.91 Å². The van der Waals surface area contributed by atoms with E-state index in [-0.39, 0.29) is 36.6 Å². The number of hydroxylamine groups is 2. The third-order valence-electron chi connectivity index (χ3n) is 12.7. The highest BCUT2D eigenvalue weighted by atomic mass is 79.9. The minimum Gasteiger partial charge on any atom is -0.496 e. The summed E-state index contributed by atoms with van der Waals surface area (Å²) in [6.45, 7) is 15.9. The van der Waals surface area contributed by atoms with Crippen LogP contribution in [0.3, 0.4) is 0 Å². The van der Waals surface area contributed by atoms with Crippen LogP contribution in [0.2, 0.25) is 0 Å². The number of benzene rings is 2. The molecule has 2 aromatic rings. The number of nitrogens with one attached hydrogen (secondary N) is 2. The van der Waals surface area contributed by atoms with Crippen molar-refractivity contribution in [2.75, 3.05) is 53.4 Å². The maximum atomic E-state index is 14.1. The van der Waals surface area contributed by atoms with Crippen LogP contribution < -0.4 is 20.3 Å². The summed E-state index contributed by atoms with van der Waals surface area (Å²) < 4.78 is 6.84. The molecule has 4 fully saturated rings. The zero-order valence-corrected chi connectivity index (χ0v) is 36.8. The van der Waals surface area contributed by atoms with Gasteiger partial charge in [0.05, 0.1) is 48.1 Å². The number of methoxy groups -OCH3 is 1. The van der Waals surface area contributed by atoms with E-state index in [9.17, 15) is 20.1 Å². The molecule has 1 amide bonds. The number of aliphatic hydroxyl groups excluding tert-OH is 3. The molecule has 3 aliphatic carbocycles. The first kappa shape index (κ1) is 43.8. The van der Waals surface area contributed by atoms with Crippen molar-refractivity contribution in [3.05, 3.63) is 45.9 Å². The van der Waals surface area contributed by atoms with Gasteiger partial charge in [-0.25, -0.2) is 0 Å². The number of likely N-dealkylation sites (N-methyl/N-ethyl adjacent to an activating group) is 1. The van der Waals surface area contributed by atoms with E-state index in [1.165, 1.54) is 6.42 Å². The van der Waals surface area contributed by atoms with E-state index < -0.39 is 30.4 Å². The maximum Gasteiger partial charge on any atom is 0.252 e. The number of ether oxygens (including phenoxy) is 1. The number of para-hydroxylation sites is 1. The quantitative estimate of drug-likeness (QED) is 0.142. The van der Waals surface area contributed by atoms with E-state index in [0.29, 0.717) is 45.5 Å². The first-order valence-electron chi connectivity index (χ1n) is 20.0. The number of fused-ring (bicyclic) bond motifs is 2. The van der Waals surface area contributed by atoms with Crippen LogP contribution in [0.15, 0.2) is 34.8 Å². The third-order valence-corrected chi connectivity index (χ3v) is 13.6. The van der Waals surface area contributed by atoms with Crippen LogP contribution in [0.25, 0.3) is 11.1 Å². The normalized spacial score (nSPS) is 28.1. The summed E-state index contributed by atoms with van der Waals surface area (Å²) in [4.78, 5) is 24.5. The number of nitrogens with zero attached hydrogens (tertiary/aromatic N) is 3. The van der Waals surface area contributed by atoms with Gasteiger partial charge in [0.2, 0.25) is 0 Å². The van der Waals surface area contributed by atoms with Crippen molar-refractivity contribution in [2.24, 2.45) is 34.5 Å². The molecule has 2 bridgehead atoms. The van der Waals surface area contributed by atoms with Gasteiger partial charge < -0.3 is 35.2 Å². The first-order chi connectivity index (χ1) is 25.7. The molecule has 1 unspecified atom stereocenters. The standard InChI is InChI=1S/C43H68BrN5O6/c1-24-32-18-28(43(32,6)7)19-33(24)46-41(53)38-36(25(2)51)35(23-50)55-49(38)21-26-14-13-15-30(39(26)54-12)27-16-31(37(44)34(17-27)48(10)11)40(52)45-29(22-47(8)9)20-42(3,4)5/h13-17,24-25,28-29,32-33,35-36,38,41,46,50-51,53H,18-23H2,1-12H3,(H,45,52)/t24-,25-,28-,29-,32-,33-,35-,36+,38-,41?/m0/s1. The van der Waals surface area contributed by atoms with Crippen LogP contribution in [0, 0.1) is 34.5 Å². The molecular formula is C43H68BrN5O6. The van der Waals surface area contributed by atoms with Crippen LogP contribution in [-0.2, 0) is 11.4 Å². The van der Waals surface area contributed by atoms with Gasteiger partial charge in [-0.1, -0.05) is 59.7 Å². The fourth-order valence-corrected chi connectivity index (χ4v) is 10.6. The van der Waals surface area contributed by atoms with Crippen molar-refractivity contribution in [1.82, 2.24) is 20.6 Å². The summed E-state index contributed by atoms with van der Waals surface area (Å²) in [6, 6.07) is 9.28. The number of anilines is 1. The largest absolute Gasteiger partial charge is 0.496 e. The molecule has 5 N–H and O–H groups in total. The molecule has 1 heterocycles. The Bertz CT molecular complexity index is 1650. The molecule has 2 aromatic carbocycles. The SMILES string of the molecule is COc1c(CN2O[C@@H](CO)[C@@H]([C@H](C)O)[C@H]2C(O)N[C@H]2C[C@@H]3C[C@@H]([C@@H]2C)C3(C)C)cccc1-c1cc(C(=O)N[C@H](CN(C)C)CC(C)(C)C)c(Br)c(N(C)C)c1. The van der Waals surface area contributed by atoms with Crippen molar-refractivity contribution in [1.29, 1.82) is 0 Å². The second kappa shape index (κ2) is 17.3. The van der Waals surface area contributed by atoms with E-state index >= 15 is 0 Å². The van der Waals surface area contributed by atoms with E-state index in [1.807, 2.05) is 63.4 Å². The minimum atomic E-state index is -1.01. The zero-order chi connectivity index (χ0) is 40.7. The molecule has 4 aliphatic rings. The second-order valence-corrected chi connectivity index (χ2v) is 19.6. The predicted molar refractivity (Wildman–Crippen MR) is 223 cm³/mol. The van der Waals surface area contributed by atoms with Crippen molar-refractivity contribution in [3.8, 4) is 16.9 Å². The molecule has 0 aromatic heterocycles. The Labute approximate surface area is 338 Å². The molecule has 55 heavy (non-hydrogen) atoms. The lowest BCUT2D eigenvalue weighted by Gasteiger charge is -2.62. The van der Waals surface area contributed by atoms with Gasteiger partial charge in [-0.05, 0) is 102 Å². The molecule has 12 heteroatoms. The van der Waals surface area contributed by atoms with Crippen molar-refractivity contribution < 1.29 is 29.7 Å². The van der Waals surface area contributed by atoms with Gasteiger partial charge >= 0.3 is 0 Å². The Kier molecular flexibility index (Phi) is 13.8. The van der Waals surface area contributed by atoms with Gasteiger partial charge in [-0.15, -0.1) is 0 Å². The Morgan fingerprint density at radius 3 is 2.38 bits per heavy atom. The highest BCUT2D eigenvalue weighted by Crippen LogP contribution is 2.61. The number of hydrogen-bond acceptors (Lipinski definition) is 10. The molecule has 0 radical (unpaired) electrons. The summed E-state index contributed by atoms with van der Waals surface area (Å²) in [5.41, 5.74) is 4.09. The van der Waals surface area contributed by atoms with Crippen molar-refractivity contribution >= 4 is 27.5 Å². The van der Waals surface area contributed by atoms with Gasteiger partial charge in [0, 0.05) is 49.8 Å². The summed E-state index contributed by atoms with van der Waals surface area (Å²) >= 11 is 3.76. The van der Waals surface area contributed by atoms with Crippen LogP contribution in [0.5, 0.6) is 5.75 Å². The Balaban J connectivity index is 1.47. The average molecular weight is 831 g/mol. The zero-order valence-electron chi connectivity index (χ0n) is 35.2. The number of hydrogen-bond donors (Lipinski definition) is 5. The number of carbonyl (C=O) groups excluding carboxylic acids is 1. The monoisotopic (exact) mass is 829 g/mol. The molecule has 10 atom stereocenters. The van der Waals surface area contributed by atoms with Gasteiger partial charge in [0.1, 0.15) is 18.1 Å². The molecule has 1 aliphatic heterocycles. The lowest BCUT2D eigenvalue weighted by Crippen LogP contribution is -2.63. The van der Waals surface area contributed by atoms with E-state index in [4.69, 9.17) is 9.57 Å². The summed E-state index contributed by atoms with van der Waals surface area (Å²) in [6.07, 6.45) is 0.489. The number of amides is 1. The van der Waals surface area contributed by atoms with Gasteiger partial charge in [-0.2, -0.15) is 5.06 Å². The summed E-state index contributed by atoms with van der Waals surface area (Å²) in [5, 5.41) is 42.0. The minimum absolute atomic E-state index is 0.0258. The highest BCUT2D eigenvalue weighted by Gasteiger charge is 2.57. The Morgan fingerprint density at radius 2 is 1.84 bits per heavy atom. The Hall–Kier alpha value is -2.29. The van der Waals surface area contributed by atoms with Gasteiger partial charge in [-0.3, -0.25) is 14.9 Å². The molecule has 11 nitrogen and oxygen atoms in total. The van der Waals surface area contributed by atoms with E-state index in [1.54, 1.807) is 19.1 Å². The smallest absolute Gasteiger partial charge is 0.252 e. The Morgan fingerprint density at radius 1 is 1.15 bits per heavy atom. The topological polar surface area (TPSA) is 130 Å². The molecule has 6 rings (SSSR count). The molecule has 0 spiro atoms. The number of rotatable bonds is 15. The van der Waals surface area contributed by atoms with Crippen LogP contribution in [0.1, 0.15) is 83.7 Å². The fourth-order valence-electron chi connectivity index (χ4n) is 9.88. The summed E-state index contributed by atoms with van der Waals surface area (Å²) in [5.74, 6) is 1.50. The molecule has 308 valence electrons. The lowest BCUT2D eigenvalue weighted by atomic mass is 9.44. The summed E-state index contributed by atoms with van der Waals surface area (Å²) in [7, 11) is 9.56. The number of halogens is 1. The third kappa shape index (κ3) is 9.38. The highest BCUT2D eigenvalue weighted by molar-refractivity contribution is 9.10. The predicted octanol–water partition coefficient (Wildman–Crippen LogP) is 5.74. The number of carbonyl (C=O) groups is 1. The lowest BCUT2D eigenvalue weighted by molar-refractivity contribution is -0.195. The average Bonchev–Trinajstić information content (AvgIpc) is 3.46. The van der Waals surface area contributed by atoms with Crippen LogP contribution >= 0.6 is 15.9 Å². The molecule has 3 saturated carbocycles. The molecule has 1 saturated heterocycles. The van der Waals surface area contributed by atoms with Crippen LogP contribution in [-0.4, -0.2) is 116 Å². The van der Waals surface area contributed by atoms with Crippen molar-refractivity contribution in [2.45, 2.75) is 111 Å². The first-order valence-corrected chi connectivity index (χ1v) is 20.8. The van der Waals surface area contributed by atoms with E-state index in [0.717, 1.165) is 35.2 Å². The second-order valence-electron chi connectivity index (χ2n) is 18.8. The fraction of sp³-hybridized carbons (Fsp3) is 0.698. The number of aliphatic hydroxyl groups is 3.